The topological polar surface area (TPSA) is 112 Å². The Balaban J connectivity index is 3.05. The Kier molecular flexibility index (Phi) is 3.59. The molecule has 0 aliphatic rings. The number of halogens is 1. The van der Waals surface area contributed by atoms with Crippen molar-refractivity contribution in [3.05, 3.63) is 17.0 Å². The third-order valence-electron chi connectivity index (χ3n) is 1.71. The second kappa shape index (κ2) is 4.52. The van der Waals surface area contributed by atoms with Crippen LogP contribution in [0.4, 0.5) is 5.82 Å². The van der Waals surface area contributed by atoms with Crippen molar-refractivity contribution in [3.8, 4) is 0 Å². The van der Waals surface area contributed by atoms with Crippen molar-refractivity contribution in [1.82, 2.24) is 9.97 Å². The van der Waals surface area contributed by atoms with E-state index in [9.17, 15) is 5.11 Å². The van der Waals surface area contributed by atoms with E-state index >= 15 is 0 Å². The maximum atomic E-state index is 9.50. The highest BCUT2D eigenvalue weighted by Crippen LogP contribution is 2.26. The lowest BCUT2D eigenvalue weighted by molar-refractivity contribution is -0.0151. The van der Waals surface area contributed by atoms with Crippen LogP contribution in [-0.2, 0) is 0 Å². The van der Waals surface area contributed by atoms with Crippen LogP contribution < -0.4 is 5.73 Å². The molecule has 1 heterocycles. The summed E-state index contributed by atoms with van der Waals surface area (Å²) in [5.41, 5.74) is 5.45. The zero-order valence-electron chi connectivity index (χ0n) is 7.13. The first-order valence-electron chi connectivity index (χ1n) is 3.80. The van der Waals surface area contributed by atoms with E-state index in [1.165, 1.54) is 0 Å². The van der Waals surface area contributed by atoms with Gasteiger partial charge in [-0.3, -0.25) is 0 Å². The number of aromatic nitrogens is 2. The first kappa shape index (κ1) is 11.1. The fourth-order valence-corrected chi connectivity index (χ4v) is 1.20. The predicted octanol–water partition coefficient (Wildman–Crippen LogP) is -0.901. The molecule has 1 rings (SSSR count). The fraction of sp³-hybridized carbons (Fsp3) is 0.429. The largest absolute Gasteiger partial charge is 0.394 e. The van der Waals surface area contributed by atoms with E-state index < -0.39 is 18.8 Å². The molecule has 14 heavy (non-hydrogen) atoms. The van der Waals surface area contributed by atoms with Crippen LogP contribution in [0, 0.1) is 0 Å². The molecule has 0 bridgehead atoms. The molecule has 6 nitrogen and oxygen atoms in total. The molecule has 5 N–H and O–H groups in total. The molecule has 0 aromatic carbocycles. The number of nitrogen functional groups attached to an aromatic ring is 1. The average molecular weight is 220 g/mol. The molecule has 2 atom stereocenters. The highest BCUT2D eigenvalue weighted by molar-refractivity contribution is 6.30. The number of nitrogens with two attached hydrogens (primary N) is 1. The predicted molar refractivity (Wildman–Crippen MR) is 49.5 cm³/mol. The van der Waals surface area contributed by atoms with Crippen LogP contribution in [0.1, 0.15) is 11.7 Å². The van der Waals surface area contributed by atoms with Crippen LogP contribution in [0.15, 0.2) is 6.33 Å². The van der Waals surface area contributed by atoms with Gasteiger partial charge in [0.2, 0.25) is 0 Å². The third-order valence-corrected chi connectivity index (χ3v) is 2.01. The van der Waals surface area contributed by atoms with Gasteiger partial charge in [0.25, 0.3) is 0 Å². The van der Waals surface area contributed by atoms with Crippen molar-refractivity contribution in [3.63, 3.8) is 0 Å². The van der Waals surface area contributed by atoms with E-state index in [-0.39, 0.29) is 16.5 Å². The Morgan fingerprint density at radius 1 is 1.43 bits per heavy atom. The van der Waals surface area contributed by atoms with E-state index in [2.05, 4.69) is 9.97 Å². The number of hydrogen-bond acceptors (Lipinski definition) is 6. The van der Waals surface area contributed by atoms with Gasteiger partial charge >= 0.3 is 0 Å². The number of nitrogens with zero attached hydrogens (tertiary/aromatic N) is 2. The van der Waals surface area contributed by atoms with Crippen LogP contribution >= 0.6 is 11.6 Å². The minimum atomic E-state index is -1.39. The normalized spacial score (nSPS) is 15.1. The van der Waals surface area contributed by atoms with E-state index in [4.69, 9.17) is 27.5 Å². The summed E-state index contributed by atoms with van der Waals surface area (Å²) in [5, 5.41) is 27.2. The summed E-state index contributed by atoms with van der Waals surface area (Å²) in [5.74, 6) is -0.0231. The van der Waals surface area contributed by atoms with Gasteiger partial charge in [0, 0.05) is 0 Å². The van der Waals surface area contributed by atoms with Crippen LogP contribution in [0.3, 0.4) is 0 Å². The Bertz CT molecular complexity index is 303. The molecular weight excluding hydrogens is 210 g/mol. The van der Waals surface area contributed by atoms with E-state index in [0.717, 1.165) is 6.33 Å². The minimum Gasteiger partial charge on any atom is -0.394 e. The van der Waals surface area contributed by atoms with Gasteiger partial charge in [0.05, 0.1) is 12.2 Å². The number of rotatable bonds is 3. The maximum Gasteiger partial charge on any atom is 0.140 e. The van der Waals surface area contributed by atoms with Gasteiger partial charge in [0.1, 0.15) is 29.5 Å². The van der Waals surface area contributed by atoms with Crippen molar-refractivity contribution in [2.24, 2.45) is 0 Å². The molecular formula is C7H10ClN3O3. The summed E-state index contributed by atoms with van der Waals surface area (Å²) in [6.07, 6.45) is -1.62. The van der Waals surface area contributed by atoms with Crippen LogP contribution in [0.2, 0.25) is 5.15 Å². The van der Waals surface area contributed by atoms with E-state index in [1.54, 1.807) is 0 Å². The molecule has 7 heteroatoms. The summed E-state index contributed by atoms with van der Waals surface area (Å²) >= 11 is 5.64. The molecule has 0 aliphatic heterocycles. The fourth-order valence-electron chi connectivity index (χ4n) is 0.952. The van der Waals surface area contributed by atoms with Gasteiger partial charge in [-0.05, 0) is 0 Å². The van der Waals surface area contributed by atoms with Crippen LogP contribution in [-0.4, -0.2) is 38.0 Å². The summed E-state index contributed by atoms with van der Waals surface area (Å²) in [4.78, 5) is 7.21. The highest BCUT2D eigenvalue weighted by atomic mass is 35.5. The third kappa shape index (κ3) is 2.10. The van der Waals surface area contributed by atoms with Crippen molar-refractivity contribution < 1.29 is 15.3 Å². The molecule has 0 amide bonds. The Morgan fingerprint density at radius 2 is 2.07 bits per heavy atom. The Hall–Kier alpha value is -0.950. The summed E-state index contributed by atoms with van der Waals surface area (Å²) in [6, 6.07) is 0. The molecule has 0 fully saturated rings. The molecule has 0 aliphatic carbocycles. The zero-order valence-corrected chi connectivity index (χ0v) is 7.89. The summed E-state index contributed by atoms with van der Waals surface area (Å²) in [6.45, 7) is -0.605. The number of aliphatic hydroxyl groups is 3. The van der Waals surface area contributed by atoms with Crippen molar-refractivity contribution in [2.75, 3.05) is 12.3 Å². The Labute approximate surface area is 85.0 Å². The monoisotopic (exact) mass is 219 g/mol. The SMILES string of the molecule is Nc1ncnc(Cl)c1C(O)C(O)CO. The summed E-state index contributed by atoms with van der Waals surface area (Å²) < 4.78 is 0. The molecule has 2 unspecified atom stereocenters. The van der Waals surface area contributed by atoms with Gasteiger partial charge in [-0.1, -0.05) is 11.6 Å². The molecule has 78 valence electrons. The minimum absolute atomic E-state index is 0.0231. The first-order chi connectivity index (χ1) is 6.57. The zero-order chi connectivity index (χ0) is 10.7. The molecule has 0 saturated carbocycles. The summed E-state index contributed by atoms with van der Waals surface area (Å²) in [7, 11) is 0. The van der Waals surface area contributed by atoms with Gasteiger partial charge < -0.3 is 21.1 Å². The highest BCUT2D eigenvalue weighted by Gasteiger charge is 2.23. The second-order valence-corrected chi connectivity index (χ2v) is 3.02. The Morgan fingerprint density at radius 3 is 2.57 bits per heavy atom. The maximum absolute atomic E-state index is 9.50. The number of hydrogen-bond donors (Lipinski definition) is 4. The molecule has 0 radical (unpaired) electrons. The van der Waals surface area contributed by atoms with Crippen LogP contribution in [0.25, 0.3) is 0 Å². The molecule has 1 aromatic heterocycles. The second-order valence-electron chi connectivity index (χ2n) is 2.66. The standard InChI is InChI=1S/C7H10ClN3O3/c8-6-4(5(14)3(13)1-12)7(9)11-2-10-6/h2-3,5,12-14H,1H2,(H2,9,10,11). The van der Waals surface area contributed by atoms with E-state index in [0.29, 0.717) is 0 Å². The smallest absolute Gasteiger partial charge is 0.140 e. The lowest BCUT2D eigenvalue weighted by Gasteiger charge is -2.17. The molecule has 1 aromatic rings. The van der Waals surface area contributed by atoms with Gasteiger partial charge in [-0.2, -0.15) is 0 Å². The lowest BCUT2D eigenvalue weighted by Crippen LogP contribution is -2.23. The van der Waals surface area contributed by atoms with Crippen molar-refractivity contribution in [2.45, 2.75) is 12.2 Å². The van der Waals surface area contributed by atoms with Gasteiger partial charge in [0.15, 0.2) is 0 Å². The van der Waals surface area contributed by atoms with Crippen molar-refractivity contribution >= 4 is 17.4 Å². The van der Waals surface area contributed by atoms with Gasteiger partial charge in [-0.15, -0.1) is 0 Å². The lowest BCUT2D eigenvalue weighted by atomic mass is 10.1. The number of anilines is 1. The van der Waals surface area contributed by atoms with Gasteiger partial charge in [-0.25, -0.2) is 9.97 Å². The van der Waals surface area contributed by atoms with Crippen molar-refractivity contribution in [1.29, 1.82) is 0 Å². The number of aliphatic hydroxyl groups excluding tert-OH is 3. The quantitative estimate of drug-likeness (QED) is 0.490. The molecule has 0 spiro atoms. The average Bonchev–Trinajstić information content (AvgIpc) is 2.16. The molecule has 0 saturated heterocycles. The first-order valence-corrected chi connectivity index (χ1v) is 4.18. The van der Waals surface area contributed by atoms with Crippen LogP contribution in [0.5, 0.6) is 0 Å². The van der Waals surface area contributed by atoms with E-state index in [1.807, 2.05) is 0 Å².